The van der Waals surface area contributed by atoms with E-state index < -0.39 is 0 Å². The first-order chi connectivity index (χ1) is 12.0. The SMILES string of the molecule is CC(C)Cn1c(CCC(N)=O)nnc1SCCOc1ccc(F)cc1. The van der Waals surface area contributed by atoms with Crippen LogP contribution in [0.25, 0.3) is 0 Å². The summed E-state index contributed by atoms with van der Waals surface area (Å²) >= 11 is 1.54. The van der Waals surface area contributed by atoms with E-state index >= 15 is 0 Å². The average Bonchev–Trinajstić information content (AvgIpc) is 2.92. The molecule has 0 fully saturated rings. The zero-order chi connectivity index (χ0) is 18.2. The number of hydrogen-bond acceptors (Lipinski definition) is 5. The molecule has 1 heterocycles. The summed E-state index contributed by atoms with van der Waals surface area (Å²) in [5.41, 5.74) is 5.22. The van der Waals surface area contributed by atoms with Crippen molar-refractivity contribution in [3.63, 3.8) is 0 Å². The first-order valence-corrected chi connectivity index (χ1v) is 9.16. The number of ether oxygens (including phenoxy) is 1. The minimum Gasteiger partial charge on any atom is -0.493 e. The summed E-state index contributed by atoms with van der Waals surface area (Å²) in [5, 5.41) is 9.21. The molecule has 2 rings (SSSR count). The second-order valence-electron chi connectivity index (χ2n) is 6.02. The van der Waals surface area contributed by atoms with Crippen molar-refractivity contribution in [2.75, 3.05) is 12.4 Å². The molecular formula is C17H23FN4O2S. The van der Waals surface area contributed by atoms with Gasteiger partial charge in [0.2, 0.25) is 5.91 Å². The van der Waals surface area contributed by atoms with Crippen molar-refractivity contribution < 1.29 is 13.9 Å². The highest BCUT2D eigenvalue weighted by atomic mass is 32.2. The molecule has 0 spiro atoms. The van der Waals surface area contributed by atoms with Crippen molar-refractivity contribution in [3.8, 4) is 5.75 Å². The van der Waals surface area contributed by atoms with Gasteiger partial charge in [0.05, 0.1) is 6.61 Å². The number of halogens is 1. The minimum absolute atomic E-state index is 0.259. The lowest BCUT2D eigenvalue weighted by atomic mass is 10.2. The molecule has 0 aliphatic carbocycles. The molecule has 136 valence electrons. The zero-order valence-electron chi connectivity index (χ0n) is 14.4. The molecule has 0 aliphatic heterocycles. The van der Waals surface area contributed by atoms with Gasteiger partial charge in [-0.3, -0.25) is 4.79 Å². The van der Waals surface area contributed by atoms with E-state index in [9.17, 15) is 9.18 Å². The first-order valence-electron chi connectivity index (χ1n) is 8.17. The Balaban J connectivity index is 1.91. The van der Waals surface area contributed by atoms with Gasteiger partial charge in [-0.15, -0.1) is 10.2 Å². The van der Waals surface area contributed by atoms with E-state index in [1.54, 1.807) is 23.9 Å². The monoisotopic (exact) mass is 366 g/mol. The number of carbonyl (C=O) groups excluding carboxylic acids is 1. The third-order valence-electron chi connectivity index (χ3n) is 3.33. The van der Waals surface area contributed by atoms with Crippen LogP contribution in [-0.4, -0.2) is 33.0 Å². The Labute approximate surface area is 151 Å². The maximum absolute atomic E-state index is 12.9. The highest BCUT2D eigenvalue weighted by Gasteiger charge is 2.14. The number of primary amides is 1. The normalized spacial score (nSPS) is 11.0. The molecule has 0 radical (unpaired) electrons. The number of thioether (sulfide) groups is 1. The quantitative estimate of drug-likeness (QED) is 0.516. The molecule has 0 aliphatic rings. The Morgan fingerprint density at radius 3 is 2.68 bits per heavy atom. The van der Waals surface area contributed by atoms with Crippen molar-refractivity contribution in [3.05, 3.63) is 35.9 Å². The van der Waals surface area contributed by atoms with Crippen LogP contribution in [0.1, 0.15) is 26.1 Å². The molecule has 2 aromatic rings. The molecule has 0 unspecified atom stereocenters. The standard InChI is InChI=1S/C17H23FN4O2S/c1-12(2)11-22-16(8-7-15(19)23)20-21-17(22)25-10-9-24-14-5-3-13(18)4-6-14/h3-6,12H,7-11H2,1-2H3,(H2,19,23). The predicted molar refractivity (Wildman–Crippen MR) is 95.0 cm³/mol. The molecule has 8 heteroatoms. The van der Waals surface area contributed by atoms with Crippen molar-refractivity contribution in [2.45, 2.75) is 38.4 Å². The van der Waals surface area contributed by atoms with Crippen LogP contribution in [0.5, 0.6) is 5.75 Å². The number of benzene rings is 1. The molecule has 1 aromatic carbocycles. The van der Waals surface area contributed by atoms with Gasteiger partial charge in [-0.2, -0.15) is 0 Å². The lowest BCUT2D eigenvalue weighted by molar-refractivity contribution is -0.118. The molecular weight excluding hydrogens is 343 g/mol. The van der Waals surface area contributed by atoms with Gasteiger partial charge in [0.1, 0.15) is 17.4 Å². The van der Waals surface area contributed by atoms with Crippen LogP contribution in [0.4, 0.5) is 4.39 Å². The average molecular weight is 366 g/mol. The molecule has 0 saturated carbocycles. The van der Waals surface area contributed by atoms with E-state index in [0.29, 0.717) is 30.4 Å². The summed E-state index contributed by atoms with van der Waals surface area (Å²) in [7, 11) is 0. The van der Waals surface area contributed by atoms with Gasteiger partial charge in [0.25, 0.3) is 0 Å². The zero-order valence-corrected chi connectivity index (χ0v) is 15.3. The second-order valence-corrected chi connectivity index (χ2v) is 7.08. The Morgan fingerprint density at radius 2 is 2.04 bits per heavy atom. The number of aromatic nitrogens is 3. The molecule has 2 N–H and O–H groups in total. The minimum atomic E-state index is -0.346. The number of amides is 1. The third-order valence-corrected chi connectivity index (χ3v) is 4.26. The summed E-state index contributed by atoms with van der Waals surface area (Å²) in [6, 6.07) is 5.94. The molecule has 1 amide bonds. The summed E-state index contributed by atoms with van der Waals surface area (Å²) in [6.07, 6.45) is 0.746. The van der Waals surface area contributed by atoms with Gasteiger partial charge < -0.3 is 15.0 Å². The van der Waals surface area contributed by atoms with Crippen molar-refractivity contribution in [2.24, 2.45) is 11.7 Å². The van der Waals surface area contributed by atoms with Gasteiger partial charge in [0.15, 0.2) is 5.16 Å². The number of hydrogen-bond donors (Lipinski definition) is 1. The van der Waals surface area contributed by atoms with Crippen molar-refractivity contribution in [1.82, 2.24) is 14.8 Å². The van der Waals surface area contributed by atoms with Gasteiger partial charge >= 0.3 is 0 Å². The van der Waals surface area contributed by atoms with E-state index in [-0.39, 0.29) is 18.1 Å². The lowest BCUT2D eigenvalue weighted by Gasteiger charge is -2.12. The van der Waals surface area contributed by atoms with Gasteiger partial charge in [-0.1, -0.05) is 25.6 Å². The molecule has 1 aromatic heterocycles. The molecule has 0 saturated heterocycles. The van der Waals surface area contributed by atoms with Crippen LogP contribution in [0.15, 0.2) is 29.4 Å². The van der Waals surface area contributed by atoms with Crippen LogP contribution in [-0.2, 0) is 17.8 Å². The van der Waals surface area contributed by atoms with Crippen molar-refractivity contribution in [1.29, 1.82) is 0 Å². The predicted octanol–water partition coefficient (Wildman–Crippen LogP) is 2.66. The topological polar surface area (TPSA) is 83.0 Å². The Kier molecular flexibility index (Phi) is 7.24. The highest BCUT2D eigenvalue weighted by molar-refractivity contribution is 7.99. The molecule has 0 bridgehead atoms. The Bertz CT molecular complexity index is 688. The Morgan fingerprint density at radius 1 is 1.32 bits per heavy atom. The van der Waals surface area contributed by atoms with Gasteiger partial charge in [-0.05, 0) is 30.2 Å². The summed E-state index contributed by atoms with van der Waals surface area (Å²) in [5.74, 6) is 1.89. The number of aryl methyl sites for hydroxylation is 1. The number of rotatable bonds is 10. The van der Waals surface area contributed by atoms with E-state index in [1.807, 2.05) is 4.57 Å². The summed E-state index contributed by atoms with van der Waals surface area (Å²) < 4.78 is 20.5. The van der Waals surface area contributed by atoms with Crippen LogP contribution >= 0.6 is 11.8 Å². The second kappa shape index (κ2) is 9.41. The van der Waals surface area contributed by atoms with E-state index in [0.717, 1.165) is 17.5 Å². The summed E-state index contributed by atoms with van der Waals surface area (Å²) in [6.45, 7) is 5.48. The third kappa shape index (κ3) is 6.38. The summed E-state index contributed by atoms with van der Waals surface area (Å²) in [4.78, 5) is 11.0. The molecule has 25 heavy (non-hydrogen) atoms. The lowest BCUT2D eigenvalue weighted by Crippen LogP contribution is -2.15. The van der Waals surface area contributed by atoms with Gasteiger partial charge in [-0.25, -0.2) is 4.39 Å². The van der Waals surface area contributed by atoms with Crippen LogP contribution in [0.2, 0.25) is 0 Å². The Hall–Kier alpha value is -2.09. The fourth-order valence-electron chi connectivity index (χ4n) is 2.22. The first kappa shape index (κ1) is 19.2. The number of carbonyl (C=O) groups is 1. The van der Waals surface area contributed by atoms with E-state index in [1.165, 1.54) is 12.1 Å². The molecule has 6 nitrogen and oxygen atoms in total. The van der Waals surface area contributed by atoms with Gasteiger partial charge in [0, 0.05) is 25.1 Å². The maximum Gasteiger partial charge on any atom is 0.217 e. The van der Waals surface area contributed by atoms with E-state index in [4.69, 9.17) is 10.5 Å². The van der Waals surface area contributed by atoms with Crippen LogP contribution in [0.3, 0.4) is 0 Å². The number of nitrogens with two attached hydrogens (primary N) is 1. The fourth-order valence-corrected chi connectivity index (χ4v) is 3.00. The van der Waals surface area contributed by atoms with Crippen LogP contribution < -0.4 is 10.5 Å². The highest BCUT2D eigenvalue weighted by Crippen LogP contribution is 2.20. The van der Waals surface area contributed by atoms with Crippen LogP contribution in [0, 0.1) is 11.7 Å². The smallest absolute Gasteiger partial charge is 0.217 e. The van der Waals surface area contributed by atoms with E-state index in [2.05, 4.69) is 24.0 Å². The molecule has 0 atom stereocenters. The van der Waals surface area contributed by atoms with Crippen molar-refractivity contribution >= 4 is 17.7 Å². The largest absolute Gasteiger partial charge is 0.493 e. The fraction of sp³-hybridized carbons (Fsp3) is 0.471. The number of nitrogens with zero attached hydrogens (tertiary/aromatic N) is 3. The maximum atomic E-state index is 12.9.